The Morgan fingerprint density at radius 3 is 2.55 bits per heavy atom. The fraction of sp³-hybridized carbons (Fsp3) is 0.316. The molecule has 2 aromatic carbocycles. The van der Waals surface area contributed by atoms with E-state index in [1.165, 1.54) is 48.1 Å². The first kappa shape index (κ1) is 13.8. The molecule has 1 fully saturated rings. The van der Waals surface area contributed by atoms with Crippen LogP contribution in [0.3, 0.4) is 0 Å². The molecule has 0 atom stereocenters. The van der Waals surface area contributed by atoms with Crippen LogP contribution in [0.1, 0.15) is 25.7 Å². The summed E-state index contributed by atoms with van der Waals surface area (Å²) in [6.07, 6.45) is 5.18. The fourth-order valence-electron chi connectivity index (χ4n) is 3.50. The molecule has 3 heteroatoms. The van der Waals surface area contributed by atoms with E-state index in [0.29, 0.717) is 5.92 Å². The van der Waals surface area contributed by atoms with Crippen molar-refractivity contribution in [3.8, 4) is 11.1 Å². The predicted octanol–water partition coefficient (Wildman–Crippen LogP) is 4.92. The number of hydrogen-bond donors (Lipinski definition) is 0. The highest BCUT2D eigenvalue weighted by Crippen LogP contribution is 2.29. The number of thiazole rings is 1. The first-order valence-corrected chi connectivity index (χ1v) is 8.82. The minimum absolute atomic E-state index is 0.187. The van der Waals surface area contributed by atoms with Gasteiger partial charge in [0.15, 0.2) is 0 Å². The van der Waals surface area contributed by atoms with E-state index < -0.39 is 0 Å². The van der Waals surface area contributed by atoms with Crippen LogP contribution in [0, 0.1) is 5.92 Å². The number of fused-ring (bicyclic) bond motifs is 1. The van der Waals surface area contributed by atoms with Gasteiger partial charge < -0.3 is 0 Å². The number of hydrogen-bond acceptors (Lipinski definition) is 2. The molecule has 4 rings (SSSR count). The number of aromatic nitrogens is 1. The molecule has 0 saturated heterocycles. The Kier molecular flexibility index (Phi) is 3.59. The lowest BCUT2D eigenvalue weighted by Crippen LogP contribution is -2.17. The second kappa shape index (κ2) is 5.73. The monoisotopic (exact) mass is 309 g/mol. The first-order chi connectivity index (χ1) is 10.8. The van der Waals surface area contributed by atoms with Crippen LogP contribution in [0.2, 0.25) is 0 Å². The van der Waals surface area contributed by atoms with Gasteiger partial charge in [-0.1, -0.05) is 60.6 Å². The summed E-state index contributed by atoms with van der Waals surface area (Å²) in [5.41, 5.74) is 3.48. The molecule has 1 aliphatic carbocycles. The van der Waals surface area contributed by atoms with E-state index in [1.54, 1.807) is 0 Å². The third-order valence-corrected chi connectivity index (χ3v) is 5.63. The van der Waals surface area contributed by atoms with E-state index in [9.17, 15) is 4.79 Å². The van der Waals surface area contributed by atoms with Gasteiger partial charge in [0.25, 0.3) is 0 Å². The van der Waals surface area contributed by atoms with Crippen molar-refractivity contribution in [1.82, 2.24) is 4.57 Å². The number of rotatable bonds is 3. The van der Waals surface area contributed by atoms with Crippen molar-refractivity contribution in [1.29, 1.82) is 0 Å². The summed E-state index contributed by atoms with van der Waals surface area (Å²) in [7, 11) is 0. The van der Waals surface area contributed by atoms with Gasteiger partial charge in [0.2, 0.25) is 0 Å². The third-order valence-electron chi connectivity index (χ3n) is 4.69. The maximum Gasteiger partial charge on any atom is 0.308 e. The van der Waals surface area contributed by atoms with E-state index in [4.69, 9.17) is 0 Å². The molecule has 2 nitrogen and oxygen atoms in total. The molecular formula is C19H19NOS. The fourth-order valence-corrected chi connectivity index (χ4v) is 4.44. The van der Waals surface area contributed by atoms with Crippen molar-refractivity contribution in [2.45, 2.75) is 32.2 Å². The van der Waals surface area contributed by atoms with E-state index in [1.807, 2.05) is 22.8 Å². The summed E-state index contributed by atoms with van der Waals surface area (Å²) in [5.74, 6) is 0.685. The van der Waals surface area contributed by atoms with Crippen molar-refractivity contribution in [2.75, 3.05) is 0 Å². The topological polar surface area (TPSA) is 22.0 Å². The Balaban J connectivity index is 1.74. The van der Waals surface area contributed by atoms with Crippen molar-refractivity contribution < 1.29 is 0 Å². The molecule has 0 bridgehead atoms. The molecule has 1 aromatic heterocycles. The summed E-state index contributed by atoms with van der Waals surface area (Å²) in [4.78, 5) is 12.5. The Labute approximate surface area is 134 Å². The predicted molar refractivity (Wildman–Crippen MR) is 93.5 cm³/mol. The van der Waals surface area contributed by atoms with Gasteiger partial charge in [0.05, 0.1) is 10.2 Å². The van der Waals surface area contributed by atoms with Gasteiger partial charge in [-0.05, 0) is 42.0 Å². The molecule has 3 aromatic rings. The maximum atomic E-state index is 12.4. The molecule has 0 aliphatic heterocycles. The molecule has 1 saturated carbocycles. The zero-order valence-corrected chi connectivity index (χ0v) is 13.3. The highest BCUT2D eigenvalue weighted by atomic mass is 32.1. The number of benzene rings is 2. The Bertz CT molecular complexity index is 841. The zero-order chi connectivity index (χ0) is 14.9. The van der Waals surface area contributed by atoms with Crippen LogP contribution >= 0.6 is 11.3 Å². The molecule has 1 aliphatic rings. The standard InChI is InChI=1S/C19H19NOS/c21-19-20(13-14-6-4-5-7-14)17-11-10-16(12-18(17)22-19)15-8-2-1-3-9-15/h1-3,8-12,14H,4-7,13H2. The van der Waals surface area contributed by atoms with Crippen molar-refractivity contribution >= 4 is 21.6 Å². The van der Waals surface area contributed by atoms with Gasteiger partial charge in [-0.3, -0.25) is 9.36 Å². The third kappa shape index (κ3) is 2.50. The van der Waals surface area contributed by atoms with Crippen LogP contribution < -0.4 is 4.87 Å². The summed E-state index contributed by atoms with van der Waals surface area (Å²) in [6, 6.07) is 16.7. The molecule has 22 heavy (non-hydrogen) atoms. The van der Waals surface area contributed by atoms with E-state index in [-0.39, 0.29) is 4.87 Å². The Morgan fingerprint density at radius 1 is 1.00 bits per heavy atom. The average Bonchev–Trinajstić information content (AvgIpc) is 3.17. The number of nitrogens with zero attached hydrogens (tertiary/aromatic N) is 1. The minimum atomic E-state index is 0.187. The molecule has 0 N–H and O–H groups in total. The van der Waals surface area contributed by atoms with Gasteiger partial charge >= 0.3 is 4.87 Å². The summed E-state index contributed by atoms with van der Waals surface area (Å²) < 4.78 is 3.09. The van der Waals surface area contributed by atoms with E-state index >= 15 is 0 Å². The van der Waals surface area contributed by atoms with Gasteiger partial charge in [-0.2, -0.15) is 0 Å². The average molecular weight is 309 g/mol. The van der Waals surface area contributed by atoms with Crippen molar-refractivity contribution in [3.63, 3.8) is 0 Å². The molecule has 0 unspecified atom stereocenters. The lowest BCUT2D eigenvalue weighted by atomic mass is 10.1. The minimum Gasteiger partial charge on any atom is -0.298 e. The molecule has 0 spiro atoms. The van der Waals surface area contributed by atoms with Crippen LogP contribution in [0.25, 0.3) is 21.3 Å². The normalized spacial score (nSPS) is 15.6. The highest BCUT2D eigenvalue weighted by Gasteiger charge is 2.18. The van der Waals surface area contributed by atoms with Crippen LogP contribution in [0.15, 0.2) is 53.3 Å². The maximum absolute atomic E-state index is 12.4. The summed E-state index contributed by atoms with van der Waals surface area (Å²) in [5, 5.41) is 0. The van der Waals surface area contributed by atoms with Crippen LogP contribution in [0.5, 0.6) is 0 Å². The van der Waals surface area contributed by atoms with E-state index in [0.717, 1.165) is 16.8 Å². The largest absolute Gasteiger partial charge is 0.308 e. The molecule has 0 amide bonds. The highest BCUT2D eigenvalue weighted by molar-refractivity contribution is 7.16. The second-order valence-corrected chi connectivity index (χ2v) is 7.17. The smallest absolute Gasteiger partial charge is 0.298 e. The second-order valence-electron chi connectivity index (χ2n) is 6.18. The van der Waals surface area contributed by atoms with Crippen LogP contribution in [-0.4, -0.2) is 4.57 Å². The molecular weight excluding hydrogens is 290 g/mol. The summed E-state index contributed by atoms with van der Waals surface area (Å²) in [6.45, 7) is 0.892. The van der Waals surface area contributed by atoms with Crippen LogP contribution in [0.4, 0.5) is 0 Å². The lowest BCUT2D eigenvalue weighted by Gasteiger charge is -2.10. The van der Waals surface area contributed by atoms with Gasteiger partial charge in [0, 0.05) is 6.54 Å². The van der Waals surface area contributed by atoms with Gasteiger partial charge in [-0.25, -0.2) is 0 Å². The quantitative estimate of drug-likeness (QED) is 0.673. The molecule has 1 heterocycles. The Hall–Kier alpha value is -1.87. The van der Waals surface area contributed by atoms with Crippen LogP contribution in [-0.2, 0) is 6.54 Å². The van der Waals surface area contributed by atoms with Gasteiger partial charge in [0.1, 0.15) is 0 Å². The zero-order valence-electron chi connectivity index (χ0n) is 12.5. The Morgan fingerprint density at radius 2 is 1.77 bits per heavy atom. The lowest BCUT2D eigenvalue weighted by molar-refractivity contribution is 0.461. The molecule has 112 valence electrons. The van der Waals surface area contributed by atoms with Crippen molar-refractivity contribution in [2.24, 2.45) is 5.92 Å². The van der Waals surface area contributed by atoms with Gasteiger partial charge in [-0.15, -0.1) is 0 Å². The SMILES string of the molecule is O=c1sc2cc(-c3ccccc3)ccc2n1CC1CCCC1. The van der Waals surface area contributed by atoms with Crippen molar-refractivity contribution in [3.05, 3.63) is 58.2 Å². The molecule has 0 radical (unpaired) electrons. The van der Waals surface area contributed by atoms with E-state index in [2.05, 4.69) is 30.3 Å². The first-order valence-electron chi connectivity index (χ1n) is 8.00. The summed E-state index contributed by atoms with van der Waals surface area (Å²) >= 11 is 1.38.